The van der Waals surface area contributed by atoms with E-state index in [-0.39, 0.29) is 21.6 Å². The van der Waals surface area contributed by atoms with Crippen LogP contribution in [0.3, 0.4) is 0 Å². The molecular weight excluding hydrogens is 275 g/mol. The van der Waals surface area contributed by atoms with Crippen LogP contribution < -0.4 is 11.1 Å². The second kappa shape index (κ2) is 5.20. The lowest BCUT2D eigenvalue weighted by molar-refractivity contribution is 0.102. The molecule has 1 heterocycles. The maximum Gasteiger partial charge on any atom is 0.259 e. The fourth-order valence-corrected chi connectivity index (χ4v) is 1.73. The molecule has 2 rings (SSSR count). The highest BCUT2D eigenvalue weighted by Crippen LogP contribution is 2.29. The summed E-state index contributed by atoms with van der Waals surface area (Å²) in [6.07, 6.45) is 3.02. The molecule has 0 aliphatic carbocycles. The Morgan fingerprint density at radius 3 is 2.56 bits per heavy atom. The van der Waals surface area contributed by atoms with Crippen LogP contribution in [0, 0.1) is 0 Å². The Bertz CT molecular complexity index is 589. The number of halogens is 2. The van der Waals surface area contributed by atoms with E-state index in [2.05, 4.69) is 15.3 Å². The van der Waals surface area contributed by atoms with E-state index >= 15 is 0 Å². The van der Waals surface area contributed by atoms with E-state index in [0.29, 0.717) is 5.69 Å². The molecule has 0 spiro atoms. The molecular formula is C11H8Cl2N4O. The minimum atomic E-state index is -0.472. The summed E-state index contributed by atoms with van der Waals surface area (Å²) >= 11 is 11.8. The van der Waals surface area contributed by atoms with Crippen molar-refractivity contribution in [2.75, 3.05) is 11.1 Å². The van der Waals surface area contributed by atoms with Crippen LogP contribution in [0.5, 0.6) is 0 Å². The van der Waals surface area contributed by atoms with Crippen LogP contribution in [0.25, 0.3) is 0 Å². The van der Waals surface area contributed by atoms with Crippen molar-refractivity contribution in [1.29, 1.82) is 0 Å². The molecule has 18 heavy (non-hydrogen) atoms. The predicted molar refractivity (Wildman–Crippen MR) is 70.9 cm³/mol. The van der Waals surface area contributed by atoms with Crippen molar-refractivity contribution in [3.05, 3.63) is 46.2 Å². The fraction of sp³-hybridized carbons (Fsp3) is 0. The van der Waals surface area contributed by atoms with E-state index in [1.54, 1.807) is 6.07 Å². The monoisotopic (exact) mass is 282 g/mol. The van der Waals surface area contributed by atoms with E-state index in [1.807, 2.05) is 0 Å². The number of carbonyl (C=O) groups is 1. The molecule has 1 amide bonds. The lowest BCUT2D eigenvalue weighted by Gasteiger charge is -2.07. The molecule has 0 aliphatic heterocycles. The zero-order valence-electron chi connectivity index (χ0n) is 9.02. The van der Waals surface area contributed by atoms with Gasteiger partial charge in [0.15, 0.2) is 0 Å². The van der Waals surface area contributed by atoms with Gasteiger partial charge in [-0.3, -0.25) is 10.1 Å². The lowest BCUT2D eigenvalue weighted by Crippen LogP contribution is -2.15. The molecule has 5 nitrogen and oxygen atoms in total. The first kappa shape index (κ1) is 12.6. The van der Waals surface area contributed by atoms with Crippen molar-refractivity contribution in [2.45, 2.75) is 0 Å². The van der Waals surface area contributed by atoms with Gasteiger partial charge in [-0.15, -0.1) is 0 Å². The molecule has 0 radical (unpaired) electrons. The first-order valence-electron chi connectivity index (χ1n) is 4.91. The Hall–Kier alpha value is -1.85. The molecule has 92 valence electrons. The predicted octanol–water partition coefficient (Wildman–Crippen LogP) is 2.62. The number of nitrogens with zero attached hydrogens (tertiary/aromatic N) is 2. The highest BCUT2D eigenvalue weighted by atomic mass is 35.5. The molecule has 2 aromatic rings. The number of nitrogens with two attached hydrogens (primary N) is 1. The highest BCUT2D eigenvalue weighted by molar-refractivity contribution is 6.44. The van der Waals surface area contributed by atoms with Crippen LogP contribution in [-0.2, 0) is 0 Å². The van der Waals surface area contributed by atoms with Gasteiger partial charge < -0.3 is 5.73 Å². The molecule has 0 aliphatic rings. The number of benzene rings is 1. The molecule has 0 saturated carbocycles. The highest BCUT2D eigenvalue weighted by Gasteiger charge is 2.15. The van der Waals surface area contributed by atoms with E-state index in [1.165, 1.54) is 24.5 Å². The maximum absolute atomic E-state index is 11.9. The molecule has 0 fully saturated rings. The Morgan fingerprint density at radius 2 is 1.89 bits per heavy atom. The summed E-state index contributed by atoms with van der Waals surface area (Å²) in [6.45, 7) is 0. The first-order valence-corrected chi connectivity index (χ1v) is 5.66. The average molecular weight is 283 g/mol. The summed E-state index contributed by atoms with van der Waals surface area (Å²) in [5.41, 5.74) is 6.13. The Balaban J connectivity index is 2.30. The number of hydrogen-bond acceptors (Lipinski definition) is 4. The standard InChI is InChI=1S/C11H8Cl2N4O/c12-8-5-6(14)4-7(9(8)13)10(18)17-11-15-2-1-3-16-11/h1-5H,14H2,(H,15,16,17,18). The van der Waals surface area contributed by atoms with Crippen molar-refractivity contribution in [3.63, 3.8) is 0 Å². The van der Waals surface area contributed by atoms with Gasteiger partial charge in [-0.05, 0) is 18.2 Å². The van der Waals surface area contributed by atoms with Crippen LogP contribution >= 0.6 is 23.2 Å². The van der Waals surface area contributed by atoms with Crippen LogP contribution in [0.4, 0.5) is 11.6 Å². The molecule has 7 heteroatoms. The lowest BCUT2D eigenvalue weighted by atomic mass is 10.2. The van der Waals surface area contributed by atoms with Gasteiger partial charge in [-0.2, -0.15) is 0 Å². The van der Waals surface area contributed by atoms with Gasteiger partial charge in [-0.25, -0.2) is 9.97 Å². The second-order valence-electron chi connectivity index (χ2n) is 3.39. The Labute approximate surface area is 113 Å². The summed E-state index contributed by atoms with van der Waals surface area (Å²) in [6, 6.07) is 4.55. The van der Waals surface area contributed by atoms with Crippen LogP contribution in [0.15, 0.2) is 30.6 Å². The number of carbonyl (C=O) groups excluding carboxylic acids is 1. The largest absolute Gasteiger partial charge is 0.399 e. The van der Waals surface area contributed by atoms with E-state index in [0.717, 1.165) is 0 Å². The molecule has 3 N–H and O–H groups in total. The number of nitrogen functional groups attached to an aromatic ring is 1. The van der Waals surface area contributed by atoms with Crippen molar-refractivity contribution in [2.24, 2.45) is 0 Å². The normalized spacial score (nSPS) is 10.1. The number of hydrogen-bond donors (Lipinski definition) is 2. The smallest absolute Gasteiger partial charge is 0.259 e. The Kier molecular flexibility index (Phi) is 3.64. The molecule has 1 aromatic carbocycles. The molecule has 0 bridgehead atoms. The first-order chi connectivity index (χ1) is 8.58. The third kappa shape index (κ3) is 2.69. The quantitative estimate of drug-likeness (QED) is 0.830. The third-order valence-corrected chi connectivity index (χ3v) is 2.89. The van der Waals surface area contributed by atoms with Gasteiger partial charge in [0.1, 0.15) is 0 Å². The van der Waals surface area contributed by atoms with Crippen molar-refractivity contribution in [3.8, 4) is 0 Å². The number of aromatic nitrogens is 2. The van der Waals surface area contributed by atoms with Crippen LogP contribution in [0.1, 0.15) is 10.4 Å². The Morgan fingerprint density at radius 1 is 1.22 bits per heavy atom. The van der Waals surface area contributed by atoms with Gasteiger partial charge in [0.2, 0.25) is 5.95 Å². The SMILES string of the molecule is Nc1cc(Cl)c(Cl)c(C(=O)Nc2ncccn2)c1. The summed E-state index contributed by atoms with van der Waals surface area (Å²) < 4.78 is 0. The van der Waals surface area contributed by atoms with Gasteiger partial charge in [0, 0.05) is 18.1 Å². The molecule has 0 unspecified atom stereocenters. The maximum atomic E-state index is 11.9. The van der Waals surface area contributed by atoms with Crippen molar-refractivity contribution >= 4 is 40.7 Å². The third-order valence-electron chi connectivity index (χ3n) is 2.09. The number of anilines is 2. The minimum Gasteiger partial charge on any atom is -0.399 e. The molecule has 0 atom stereocenters. The van der Waals surface area contributed by atoms with E-state index in [4.69, 9.17) is 28.9 Å². The summed E-state index contributed by atoms with van der Waals surface area (Å²) in [5, 5.41) is 2.85. The number of amides is 1. The fourth-order valence-electron chi connectivity index (χ4n) is 1.31. The van der Waals surface area contributed by atoms with Crippen LogP contribution in [-0.4, -0.2) is 15.9 Å². The van der Waals surface area contributed by atoms with Gasteiger partial charge in [-0.1, -0.05) is 23.2 Å². The molecule has 1 aromatic heterocycles. The average Bonchev–Trinajstić information content (AvgIpc) is 2.35. The molecule has 0 saturated heterocycles. The summed E-state index contributed by atoms with van der Waals surface area (Å²) in [7, 11) is 0. The second-order valence-corrected chi connectivity index (χ2v) is 4.18. The van der Waals surface area contributed by atoms with Crippen LogP contribution in [0.2, 0.25) is 10.0 Å². The van der Waals surface area contributed by atoms with E-state index in [9.17, 15) is 4.79 Å². The van der Waals surface area contributed by atoms with Gasteiger partial charge >= 0.3 is 0 Å². The minimum absolute atomic E-state index is 0.138. The number of nitrogens with one attached hydrogen (secondary N) is 1. The number of rotatable bonds is 2. The van der Waals surface area contributed by atoms with E-state index < -0.39 is 5.91 Å². The summed E-state index contributed by atoms with van der Waals surface area (Å²) in [4.78, 5) is 19.7. The van der Waals surface area contributed by atoms with Gasteiger partial charge in [0.25, 0.3) is 5.91 Å². The van der Waals surface area contributed by atoms with Crippen molar-refractivity contribution in [1.82, 2.24) is 9.97 Å². The summed E-state index contributed by atoms with van der Waals surface area (Å²) in [5.74, 6) is -0.294. The topological polar surface area (TPSA) is 80.9 Å². The van der Waals surface area contributed by atoms with Crippen molar-refractivity contribution < 1.29 is 4.79 Å². The zero-order valence-corrected chi connectivity index (χ0v) is 10.5. The zero-order chi connectivity index (χ0) is 13.1. The van der Waals surface area contributed by atoms with Gasteiger partial charge in [0.05, 0.1) is 15.6 Å².